The predicted octanol–water partition coefficient (Wildman–Crippen LogP) is 2.14. The van der Waals surface area contributed by atoms with Crippen LogP contribution in [0.15, 0.2) is 29.4 Å². The maximum Gasteiger partial charge on any atom is 0.145 e. The van der Waals surface area contributed by atoms with Crippen LogP contribution in [0.2, 0.25) is 0 Å². The Morgan fingerprint density at radius 2 is 2.19 bits per heavy atom. The molecular formula is C13H15NO2. The van der Waals surface area contributed by atoms with E-state index in [9.17, 15) is 0 Å². The van der Waals surface area contributed by atoms with Crippen molar-refractivity contribution in [3.05, 3.63) is 35.4 Å². The van der Waals surface area contributed by atoms with Crippen LogP contribution in [0.3, 0.4) is 0 Å². The minimum Gasteiger partial charge on any atom is -0.393 e. The van der Waals surface area contributed by atoms with Gasteiger partial charge < -0.3 is 9.57 Å². The highest BCUT2D eigenvalue weighted by atomic mass is 16.7. The molecule has 0 N–H and O–H groups in total. The van der Waals surface area contributed by atoms with Gasteiger partial charge in [-0.25, -0.2) is 0 Å². The molecule has 0 aromatic heterocycles. The summed E-state index contributed by atoms with van der Waals surface area (Å²) in [5, 5.41) is 4.24. The fraction of sp³-hybridized carbons (Fsp3) is 0.462. The molecule has 1 heterocycles. The SMILES string of the molecule is c1ccc2c(c1)CCC/C2=N\OC[C@@H]1CO1. The maximum atomic E-state index is 5.32. The van der Waals surface area contributed by atoms with Crippen LogP contribution in [-0.4, -0.2) is 25.0 Å². The van der Waals surface area contributed by atoms with E-state index in [-0.39, 0.29) is 6.10 Å². The summed E-state index contributed by atoms with van der Waals surface area (Å²) in [6.07, 6.45) is 3.62. The van der Waals surface area contributed by atoms with Gasteiger partial charge in [0.15, 0.2) is 0 Å². The van der Waals surface area contributed by atoms with E-state index < -0.39 is 0 Å². The van der Waals surface area contributed by atoms with Gasteiger partial charge in [-0.1, -0.05) is 29.4 Å². The molecule has 3 rings (SSSR count). The summed E-state index contributed by atoms with van der Waals surface area (Å²) in [7, 11) is 0. The zero-order chi connectivity index (χ0) is 10.8. The Hall–Kier alpha value is -1.35. The summed E-state index contributed by atoms with van der Waals surface area (Å²) in [4.78, 5) is 5.32. The minimum atomic E-state index is 0.281. The van der Waals surface area contributed by atoms with E-state index in [0.29, 0.717) is 6.61 Å². The van der Waals surface area contributed by atoms with Gasteiger partial charge in [-0.15, -0.1) is 0 Å². The Kier molecular flexibility index (Phi) is 2.62. The number of fused-ring (bicyclic) bond motifs is 1. The van der Waals surface area contributed by atoms with E-state index in [2.05, 4.69) is 29.4 Å². The lowest BCUT2D eigenvalue weighted by Crippen LogP contribution is -2.12. The molecule has 1 aliphatic carbocycles. The van der Waals surface area contributed by atoms with Gasteiger partial charge in [-0.05, 0) is 24.8 Å². The lowest BCUT2D eigenvalue weighted by atomic mass is 9.90. The Morgan fingerprint density at radius 3 is 3.06 bits per heavy atom. The average molecular weight is 217 g/mol. The van der Waals surface area contributed by atoms with Crippen LogP contribution in [0.5, 0.6) is 0 Å². The number of nitrogens with zero attached hydrogens (tertiary/aromatic N) is 1. The predicted molar refractivity (Wildman–Crippen MR) is 61.6 cm³/mol. The molecular weight excluding hydrogens is 202 g/mol. The number of benzene rings is 1. The molecule has 1 atom stereocenters. The largest absolute Gasteiger partial charge is 0.393 e. The molecule has 16 heavy (non-hydrogen) atoms. The molecule has 3 nitrogen and oxygen atoms in total. The number of aryl methyl sites for hydroxylation is 1. The molecule has 0 spiro atoms. The normalized spacial score (nSPS) is 25.2. The van der Waals surface area contributed by atoms with Gasteiger partial charge in [0.05, 0.1) is 12.3 Å². The second kappa shape index (κ2) is 4.26. The van der Waals surface area contributed by atoms with E-state index in [1.165, 1.54) is 17.5 Å². The molecule has 0 unspecified atom stereocenters. The first kappa shape index (κ1) is 9.85. The van der Waals surface area contributed by atoms with Crippen molar-refractivity contribution in [3.8, 4) is 0 Å². The van der Waals surface area contributed by atoms with Crippen LogP contribution in [0.25, 0.3) is 0 Å². The second-order valence-electron chi connectivity index (χ2n) is 4.30. The molecule has 0 saturated carbocycles. The van der Waals surface area contributed by atoms with Crippen molar-refractivity contribution in [3.63, 3.8) is 0 Å². The number of ether oxygens (including phenoxy) is 1. The van der Waals surface area contributed by atoms with Crippen molar-refractivity contribution in [2.75, 3.05) is 13.2 Å². The third-order valence-corrected chi connectivity index (χ3v) is 3.03. The van der Waals surface area contributed by atoms with Crippen molar-refractivity contribution >= 4 is 5.71 Å². The molecule has 84 valence electrons. The van der Waals surface area contributed by atoms with Gasteiger partial charge in [0.25, 0.3) is 0 Å². The number of hydrogen-bond acceptors (Lipinski definition) is 3. The zero-order valence-corrected chi connectivity index (χ0v) is 9.19. The van der Waals surface area contributed by atoms with Crippen LogP contribution < -0.4 is 0 Å². The van der Waals surface area contributed by atoms with E-state index in [1.807, 2.05) is 0 Å². The first-order valence-electron chi connectivity index (χ1n) is 5.82. The summed E-state index contributed by atoms with van der Waals surface area (Å²) in [6, 6.07) is 8.45. The number of rotatable bonds is 3. The Morgan fingerprint density at radius 1 is 1.31 bits per heavy atom. The minimum absolute atomic E-state index is 0.281. The van der Waals surface area contributed by atoms with E-state index >= 15 is 0 Å². The van der Waals surface area contributed by atoms with Gasteiger partial charge in [-0.2, -0.15) is 0 Å². The van der Waals surface area contributed by atoms with Crippen LogP contribution in [-0.2, 0) is 16.0 Å². The Labute approximate surface area is 95.1 Å². The highest BCUT2D eigenvalue weighted by Crippen LogP contribution is 2.21. The van der Waals surface area contributed by atoms with Crippen LogP contribution >= 0.6 is 0 Å². The number of oxime groups is 1. The van der Waals surface area contributed by atoms with Crippen LogP contribution in [0.4, 0.5) is 0 Å². The van der Waals surface area contributed by atoms with Crippen molar-refractivity contribution < 1.29 is 9.57 Å². The van der Waals surface area contributed by atoms with Gasteiger partial charge >= 0.3 is 0 Å². The summed E-state index contributed by atoms with van der Waals surface area (Å²) in [5.41, 5.74) is 3.73. The monoisotopic (exact) mass is 217 g/mol. The number of hydrogen-bond donors (Lipinski definition) is 0. The highest BCUT2D eigenvalue weighted by molar-refractivity contribution is 6.02. The fourth-order valence-corrected chi connectivity index (χ4v) is 2.06. The van der Waals surface area contributed by atoms with Crippen molar-refractivity contribution in [2.24, 2.45) is 5.16 Å². The summed E-state index contributed by atoms with van der Waals surface area (Å²) in [5.74, 6) is 0. The van der Waals surface area contributed by atoms with E-state index in [4.69, 9.17) is 9.57 Å². The Bertz CT molecular complexity index is 410. The smallest absolute Gasteiger partial charge is 0.145 e. The average Bonchev–Trinajstić information content (AvgIpc) is 3.13. The molecule has 0 bridgehead atoms. The maximum absolute atomic E-state index is 5.32. The van der Waals surface area contributed by atoms with Crippen molar-refractivity contribution in [1.82, 2.24) is 0 Å². The van der Waals surface area contributed by atoms with Gasteiger partial charge in [0, 0.05) is 5.56 Å². The van der Waals surface area contributed by atoms with Gasteiger partial charge in [0.1, 0.15) is 12.7 Å². The van der Waals surface area contributed by atoms with Crippen molar-refractivity contribution in [2.45, 2.75) is 25.4 Å². The first-order valence-corrected chi connectivity index (χ1v) is 5.82. The Balaban J connectivity index is 1.75. The molecule has 0 radical (unpaired) electrons. The molecule has 1 aromatic carbocycles. The third kappa shape index (κ3) is 2.09. The fourth-order valence-electron chi connectivity index (χ4n) is 2.06. The molecule has 1 saturated heterocycles. The van der Waals surface area contributed by atoms with Crippen LogP contribution in [0, 0.1) is 0 Å². The molecule has 1 aromatic rings. The molecule has 1 fully saturated rings. The molecule has 1 aliphatic heterocycles. The van der Waals surface area contributed by atoms with Gasteiger partial charge in [0.2, 0.25) is 0 Å². The molecule has 3 heteroatoms. The molecule has 2 aliphatic rings. The summed E-state index contributed by atoms with van der Waals surface area (Å²) in [6.45, 7) is 1.41. The standard InChI is InChI=1S/C13H15NO2/c1-2-6-12-10(4-1)5-3-7-13(12)14-16-9-11-8-15-11/h1-2,4,6,11H,3,5,7-9H2/b14-13+/t11-/m0/s1. The lowest BCUT2D eigenvalue weighted by Gasteiger charge is -2.16. The first-order chi connectivity index (χ1) is 7.93. The lowest BCUT2D eigenvalue weighted by molar-refractivity contribution is 0.124. The second-order valence-corrected chi connectivity index (χ2v) is 4.30. The zero-order valence-electron chi connectivity index (χ0n) is 9.19. The van der Waals surface area contributed by atoms with Crippen LogP contribution in [0.1, 0.15) is 24.0 Å². The summed E-state index contributed by atoms with van der Waals surface area (Å²) < 4.78 is 5.07. The van der Waals surface area contributed by atoms with Crippen molar-refractivity contribution in [1.29, 1.82) is 0 Å². The highest BCUT2D eigenvalue weighted by Gasteiger charge is 2.23. The molecule has 0 amide bonds. The van der Waals surface area contributed by atoms with E-state index in [0.717, 1.165) is 25.2 Å². The number of epoxide rings is 1. The third-order valence-electron chi connectivity index (χ3n) is 3.03. The summed E-state index contributed by atoms with van der Waals surface area (Å²) >= 11 is 0. The van der Waals surface area contributed by atoms with Gasteiger partial charge in [-0.3, -0.25) is 0 Å². The quantitative estimate of drug-likeness (QED) is 0.574. The topological polar surface area (TPSA) is 34.1 Å². The van der Waals surface area contributed by atoms with E-state index in [1.54, 1.807) is 0 Å².